The highest BCUT2D eigenvalue weighted by Crippen LogP contribution is 2.28. The number of nitrogens with one attached hydrogen (secondary N) is 1. The van der Waals surface area contributed by atoms with Crippen molar-refractivity contribution < 1.29 is 9.84 Å². The van der Waals surface area contributed by atoms with Gasteiger partial charge in [-0.25, -0.2) is 0 Å². The van der Waals surface area contributed by atoms with E-state index >= 15 is 0 Å². The van der Waals surface area contributed by atoms with Gasteiger partial charge in [0.2, 0.25) is 0 Å². The summed E-state index contributed by atoms with van der Waals surface area (Å²) >= 11 is 0. The summed E-state index contributed by atoms with van der Waals surface area (Å²) < 4.78 is 5.27. The quantitative estimate of drug-likeness (QED) is 0.839. The van der Waals surface area contributed by atoms with Crippen LogP contribution in [-0.4, -0.2) is 36.5 Å². The molecule has 0 radical (unpaired) electrons. The Labute approximate surface area is 122 Å². The summed E-state index contributed by atoms with van der Waals surface area (Å²) in [5.41, 5.74) is 0.810. The third-order valence-corrected chi connectivity index (χ3v) is 4.23. The zero-order valence-corrected chi connectivity index (χ0v) is 12.9. The summed E-state index contributed by atoms with van der Waals surface area (Å²) in [7, 11) is 0. The number of hydrogen-bond donors (Lipinski definition) is 2. The number of aliphatic hydroxyl groups is 1. The Bertz CT molecular complexity index is 410. The normalized spacial score (nSPS) is 24.8. The number of rotatable bonds is 6. The van der Waals surface area contributed by atoms with Crippen molar-refractivity contribution >= 4 is 0 Å². The van der Waals surface area contributed by atoms with Crippen molar-refractivity contribution in [1.82, 2.24) is 5.32 Å². The molecular formula is C17H27NO2. The van der Waals surface area contributed by atoms with Crippen LogP contribution in [0.3, 0.4) is 0 Å². The molecule has 0 saturated carbocycles. The molecule has 1 aromatic carbocycles. The van der Waals surface area contributed by atoms with Crippen LogP contribution in [0.15, 0.2) is 30.3 Å². The lowest BCUT2D eigenvalue weighted by atomic mass is 9.79. The van der Waals surface area contributed by atoms with Gasteiger partial charge in [0.05, 0.1) is 6.61 Å². The molecule has 1 heterocycles. The van der Waals surface area contributed by atoms with Gasteiger partial charge < -0.3 is 15.2 Å². The van der Waals surface area contributed by atoms with Crippen LogP contribution in [0.5, 0.6) is 0 Å². The fourth-order valence-electron chi connectivity index (χ4n) is 2.94. The van der Waals surface area contributed by atoms with Gasteiger partial charge in [-0.05, 0) is 24.3 Å². The van der Waals surface area contributed by atoms with Crippen LogP contribution in [0.4, 0.5) is 0 Å². The van der Waals surface area contributed by atoms with Gasteiger partial charge in [-0.1, -0.05) is 44.2 Å². The van der Waals surface area contributed by atoms with E-state index < -0.39 is 5.60 Å². The second-order valence-corrected chi connectivity index (χ2v) is 6.76. The zero-order chi connectivity index (χ0) is 14.6. The maximum atomic E-state index is 10.3. The number of ether oxygens (including phenoxy) is 1. The molecule has 1 saturated heterocycles. The van der Waals surface area contributed by atoms with E-state index in [-0.39, 0.29) is 5.41 Å². The van der Waals surface area contributed by atoms with Crippen molar-refractivity contribution in [2.24, 2.45) is 0 Å². The SMILES string of the molecule is C[C@H](CC(C)(C)c1ccccc1)NC[C@@]1(O)CCOC1. The molecule has 1 aliphatic heterocycles. The topological polar surface area (TPSA) is 41.5 Å². The van der Waals surface area contributed by atoms with Crippen LogP contribution in [0.1, 0.15) is 39.2 Å². The van der Waals surface area contributed by atoms with Gasteiger partial charge in [0.1, 0.15) is 5.60 Å². The third kappa shape index (κ3) is 4.05. The maximum absolute atomic E-state index is 10.3. The van der Waals surface area contributed by atoms with Crippen LogP contribution in [0, 0.1) is 0 Å². The van der Waals surface area contributed by atoms with Crippen molar-refractivity contribution in [1.29, 1.82) is 0 Å². The van der Waals surface area contributed by atoms with Crippen molar-refractivity contribution in [2.45, 2.75) is 50.7 Å². The first kappa shape index (κ1) is 15.5. The molecule has 112 valence electrons. The van der Waals surface area contributed by atoms with Gasteiger partial charge in [-0.2, -0.15) is 0 Å². The highest BCUT2D eigenvalue weighted by Gasteiger charge is 2.32. The molecule has 0 aromatic heterocycles. The fraction of sp³-hybridized carbons (Fsp3) is 0.647. The summed E-state index contributed by atoms with van der Waals surface area (Å²) in [6.07, 6.45) is 1.77. The number of hydrogen-bond acceptors (Lipinski definition) is 3. The Balaban J connectivity index is 1.86. The van der Waals surface area contributed by atoms with Crippen molar-refractivity contribution in [2.75, 3.05) is 19.8 Å². The van der Waals surface area contributed by atoms with E-state index in [4.69, 9.17) is 4.74 Å². The molecule has 1 aromatic rings. The van der Waals surface area contributed by atoms with Gasteiger partial charge in [0, 0.05) is 25.6 Å². The molecule has 3 heteroatoms. The average Bonchev–Trinajstić information content (AvgIpc) is 2.85. The highest BCUT2D eigenvalue weighted by atomic mass is 16.5. The van der Waals surface area contributed by atoms with Gasteiger partial charge in [-0.3, -0.25) is 0 Å². The molecule has 0 bridgehead atoms. The molecule has 1 fully saturated rings. The molecule has 3 nitrogen and oxygen atoms in total. The van der Waals surface area contributed by atoms with Gasteiger partial charge >= 0.3 is 0 Å². The van der Waals surface area contributed by atoms with Crippen LogP contribution >= 0.6 is 0 Å². The largest absolute Gasteiger partial charge is 0.386 e. The Kier molecular flexibility index (Phi) is 4.84. The zero-order valence-electron chi connectivity index (χ0n) is 12.9. The molecule has 0 amide bonds. The van der Waals surface area contributed by atoms with Crippen LogP contribution in [0.2, 0.25) is 0 Å². The summed E-state index contributed by atoms with van der Waals surface area (Å²) in [4.78, 5) is 0. The highest BCUT2D eigenvalue weighted by molar-refractivity contribution is 5.23. The van der Waals surface area contributed by atoms with E-state index in [2.05, 4.69) is 56.4 Å². The van der Waals surface area contributed by atoms with Crippen molar-refractivity contribution in [3.63, 3.8) is 0 Å². The van der Waals surface area contributed by atoms with E-state index in [1.165, 1.54) is 5.56 Å². The van der Waals surface area contributed by atoms with Crippen molar-refractivity contribution in [3.8, 4) is 0 Å². The van der Waals surface area contributed by atoms with Crippen LogP contribution in [0.25, 0.3) is 0 Å². The smallest absolute Gasteiger partial charge is 0.102 e. The van der Waals surface area contributed by atoms with Crippen LogP contribution < -0.4 is 5.32 Å². The summed E-state index contributed by atoms with van der Waals surface area (Å²) in [6.45, 7) is 8.46. The van der Waals surface area contributed by atoms with Gasteiger partial charge in [-0.15, -0.1) is 0 Å². The Hall–Kier alpha value is -0.900. The lowest BCUT2D eigenvalue weighted by molar-refractivity contribution is 0.0245. The molecule has 20 heavy (non-hydrogen) atoms. The number of benzene rings is 1. The first-order valence-electron chi connectivity index (χ1n) is 7.50. The molecule has 2 rings (SSSR count). The summed E-state index contributed by atoms with van der Waals surface area (Å²) in [5, 5.41) is 13.7. The maximum Gasteiger partial charge on any atom is 0.102 e. The molecule has 0 spiro atoms. The monoisotopic (exact) mass is 277 g/mol. The molecule has 2 atom stereocenters. The Morgan fingerprint density at radius 3 is 2.65 bits per heavy atom. The first-order chi connectivity index (χ1) is 9.41. The third-order valence-electron chi connectivity index (χ3n) is 4.23. The summed E-state index contributed by atoms with van der Waals surface area (Å²) in [5.74, 6) is 0. The van der Waals surface area contributed by atoms with E-state index in [1.807, 2.05) is 0 Å². The lowest BCUT2D eigenvalue weighted by Gasteiger charge is -2.31. The molecule has 1 aliphatic rings. The minimum atomic E-state index is -0.675. The Morgan fingerprint density at radius 1 is 1.35 bits per heavy atom. The molecular weight excluding hydrogens is 250 g/mol. The van der Waals surface area contributed by atoms with Gasteiger partial charge in [0.15, 0.2) is 0 Å². The van der Waals surface area contributed by atoms with E-state index in [0.717, 1.165) is 12.8 Å². The van der Waals surface area contributed by atoms with Crippen molar-refractivity contribution in [3.05, 3.63) is 35.9 Å². The predicted molar refractivity (Wildman–Crippen MR) is 81.9 cm³/mol. The first-order valence-corrected chi connectivity index (χ1v) is 7.50. The standard InChI is InChI=1S/C17H27NO2/c1-14(18-12-17(19)9-10-20-13-17)11-16(2,3)15-7-5-4-6-8-15/h4-8,14,18-19H,9-13H2,1-3H3/t14-,17+/m1/s1. The minimum Gasteiger partial charge on any atom is -0.386 e. The second kappa shape index (κ2) is 6.25. The summed E-state index contributed by atoms with van der Waals surface area (Å²) in [6, 6.07) is 11.0. The molecule has 2 N–H and O–H groups in total. The fourth-order valence-corrected chi connectivity index (χ4v) is 2.94. The van der Waals surface area contributed by atoms with E-state index in [0.29, 0.717) is 25.8 Å². The van der Waals surface area contributed by atoms with Crippen LogP contribution in [-0.2, 0) is 10.2 Å². The lowest BCUT2D eigenvalue weighted by Crippen LogP contribution is -2.45. The average molecular weight is 277 g/mol. The van der Waals surface area contributed by atoms with E-state index in [9.17, 15) is 5.11 Å². The predicted octanol–water partition coefficient (Wildman–Crippen LogP) is 2.48. The van der Waals surface area contributed by atoms with Gasteiger partial charge in [0.25, 0.3) is 0 Å². The second-order valence-electron chi connectivity index (χ2n) is 6.76. The van der Waals surface area contributed by atoms with E-state index in [1.54, 1.807) is 0 Å². The minimum absolute atomic E-state index is 0.127. The Morgan fingerprint density at radius 2 is 2.05 bits per heavy atom. The molecule has 0 unspecified atom stereocenters. The molecule has 0 aliphatic carbocycles.